The first-order valence-corrected chi connectivity index (χ1v) is 12.6. The molecule has 0 aromatic heterocycles. The molecule has 2 atom stereocenters. The lowest BCUT2D eigenvalue weighted by Crippen LogP contribution is -2.41. The summed E-state index contributed by atoms with van der Waals surface area (Å²) in [6.07, 6.45) is 6.04. The monoisotopic (exact) mass is 360 g/mol. The van der Waals surface area contributed by atoms with Gasteiger partial charge in [0.05, 0.1) is 8.07 Å². The number of Topliss-reactive ketones (excluding diaryl/α,β-unsaturated/α-hetero) is 1. The van der Waals surface area contributed by atoms with Gasteiger partial charge in [0.25, 0.3) is 0 Å². The fourth-order valence-electron chi connectivity index (χ4n) is 3.93. The van der Waals surface area contributed by atoms with E-state index in [1.54, 1.807) is 6.92 Å². The number of phenols is 2. The number of aromatic hydroxyl groups is 2. The van der Waals surface area contributed by atoms with Gasteiger partial charge in [0, 0.05) is 17.4 Å². The van der Waals surface area contributed by atoms with Crippen LogP contribution in [0.2, 0.25) is 19.1 Å². The molecule has 0 spiro atoms. The number of carbonyl (C=O) groups is 1. The molecule has 0 unspecified atom stereocenters. The van der Waals surface area contributed by atoms with E-state index in [-0.39, 0.29) is 29.1 Å². The number of benzene rings is 1. The number of hydrogen-bond acceptors (Lipinski definition) is 3. The number of ketones is 1. The number of hydrogen-bond donors (Lipinski definition) is 2. The Balaban J connectivity index is 2.46. The maximum Gasteiger partial charge on any atom is 0.133 e. The zero-order chi connectivity index (χ0) is 18.8. The SMILES string of the molecule is CCCC[Si](C)(C)c1cc(O)c([C@H]2C=C(C)CC[C@@H]2C(C)=O)c(O)c1. The summed E-state index contributed by atoms with van der Waals surface area (Å²) in [5.41, 5.74) is 1.73. The Hall–Kier alpha value is -1.55. The highest BCUT2D eigenvalue weighted by Gasteiger charge is 2.33. The second-order valence-corrected chi connectivity index (χ2v) is 13.1. The first kappa shape index (κ1) is 19.8. The van der Waals surface area contributed by atoms with Crippen LogP contribution in [0.3, 0.4) is 0 Å². The van der Waals surface area contributed by atoms with Crippen molar-refractivity contribution < 1.29 is 15.0 Å². The van der Waals surface area contributed by atoms with E-state index in [2.05, 4.69) is 20.0 Å². The van der Waals surface area contributed by atoms with Gasteiger partial charge in [-0.25, -0.2) is 0 Å². The van der Waals surface area contributed by atoms with E-state index in [9.17, 15) is 15.0 Å². The molecule has 0 aliphatic heterocycles. The van der Waals surface area contributed by atoms with Crippen LogP contribution in [0.25, 0.3) is 0 Å². The van der Waals surface area contributed by atoms with Crippen LogP contribution < -0.4 is 5.19 Å². The van der Waals surface area contributed by atoms with E-state index < -0.39 is 8.07 Å². The number of phenolic OH excluding ortho intramolecular Hbond substituents is 2. The minimum Gasteiger partial charge on any atom is -0.508 e. The minimum absolute atomic E-state index is 0.120. The molecule has 0 saturated heterocycles. The lowest BCUT2D eigenvalue weighted by atomic mass is 9.75. The smallest absolute Gasteiger partial charge is 0.133 e. The van der Waals surface area contributed by atoms with Crippen LogP contribution in [0.1, 0.15) is 57.9 Å². The Morgan fingerprint density at radius 2 is 1.84 bits per heavy atom. The van der Waals surface area contributed by atoms with Gasteiger partial charge in [-0.05, 0) is 38.8 Å². The van der Waals surface area contributed by atoms with Crippen molar-refractivity contribution in [3.8, 4) is 11.5 Å². The van der Waals surface area contributed by atoms with Crippen LogP contribution in [0.15, 0.2) is 23.8 Å². The summed E-state index contributed by atoms with van der Waals surface area (Å²) in [5, 5.41) is 22.5. The molecule has 1 aromatic carbocycles. The second-order valence-electron chi connectivity index (χ2n) is 8.21. The van der Waals surface area contributed by atoms with Gasteiger partial charge in [0.15, 0.2) is 0 Å². The van der Waals surface area contributed by atoms with Gasteiger partial charge in [0.2, 0.25) is 0 Å². The lowest BCUT2D eigenvalue weighted by Gasteiger charge is -2.30. The molecule has 3 nitrogen and oxygen atoms in total. The molecule has 1 aliphatic rings. The van der Waals surface area contributed by atoms with Crippen LogP contribution in [-0.2, 0) is 4.79 Å². The van der Waals surface area contributed by atoms with Gasteiger partial charge < -0.3 is 10.2 Å². The first-order chi connectivity index (χ1) is 11.7. The van der Waals surface area contributed by atoms with Crippen molar-refractivity contribution >= 4 is 19.0 Å². The Kier molecular flexibility index (Phi) is 6.15. The van der Waals surface area contributed by atoms with E-state index in [1.165, 1.54) is 12.0 Å². The fourth-order valence-corrected chi connectivity index (χ4v) is 6.51. The highest BCUT2D eigenvalue weighted by molar-refractivity contribution is 6.89. The Bertz CT molecular complexity index is 653. The Morgan fingerprint density at radius 3 is 2.36 bits per heavy atom. The number of unbranched alkanes of at least 4 members (excludes halogenated alkanes) is 1. The van der Waals surface area contributed by atoms with Gasteiger partial charge in [-0.15, -0.1) is 0 Å². The summed E-state index contributed by atoms with van der Waals surface area (Å²) in [4.78, 5) is 12.1. The van der Waals surface area contributed by atoms with Gasteiger partial charge in [0.1, 0.15) is 17.3 Å². The molecule has 25 heavy (non-hydrogen) atoms. The third-order valence-electron chi connectivity index (χ3n) is 5.68. The molecule has 4 heteroatoms. The van der Waals surface area contributed by atoms with Crippen molar-refractivity contribution in [3.05, 3.63) is 29.3 Å². The third-order valence-corrected chi connectivity index (χ3v) is 9.13. The second kappa shape index (κ2) is 7.77. The fraction of sp³-hybridized carbons (Fsp3) is 0.571. The van der Waals surface area contributed by atoms with Crippen molar-refractivity contribution in [3.63, 3.8) is 0 Å². The molecule has 0 amide bonds. The van der Waals surface area contributed by atoms with E-state index in [0.717, 1.165) is 30.5 Å². The minimum atomic E-state index is -1.69. The molecule has 0 fully saturated rings. The van der Waals surface area contributed by atoms with Crippen LogP contribution in [0, 0.1) is 5.92 Å². The normalized spacial score (nSPS) is 21.1. The van der Waals surface area contributed by atoms with Crippen molar-refractivity contribution in [2.24, 2.45) is 5.92 Å². The predicted molar refractivity (Wildman–Crippen MR) is 107 cm³/mol. The zero-order valence-electron chi connectivity index (χ0n) is 16.2. The topological polar surface area (TPSA) is 57.5 Å². The number of carbonyl (C=O) groups excluding carboxylic acids is 1. The van der Waals surface area contributed by atoms with E-state index in [0.29, 0.717) is 5.56 Å². The van der Waals surface area contributed by atoms with E-state index in [1.807, 2.05) is 25.1 Å². The summed E-state index contributed by atoms with van der Waals surface area (Å²) in [6, 6.07) is 4.82. The van der Waals surface area contributed by atoms with Crippen molar-refractivity contribution in [2.45, 2.75) is 71.5 Å². The maximum atomic E-state index is 12.1. The van der Waals surface area contributed by atoms with Crippen LogP contribution in [-0.4, -0.2) is 24.1 Å². The lowest BCUT2D eigenvalue weighted by molar-refractivity contribution is -0.121. The molecule has 138 valence electrons. The highest BCUT2D eigenvalue weighted by atomic mass is 28.3. The van der Waals surface area contributed by atoms with Crippen molar-refractivity contribution in [2.75, 3.05) is 0 Å². The molecule has 2 N–H and O–H groups in total. The molecule has 0 radical (unpaired) electrons. The average Bonchev–Trinajstić information content (AvgIpc) is 2.52. The summed E-state index contributed by atoms with van der Waals surface area (Å²) in [7, 11) is -1.69. The number of rotatable bonds is 6. The molecular weight excluding hydrogens is 328 g/mol. The maximum absolute atomic E-state index is 12.1. The van der Waals surface area contributed by atoms with E-state index >= 15 is 0 Å². The molecule has 0 saturated carbocycles. The molecular formula is C21H32O3Si. The van der Waals surface area contributed by atoms with E-state index in [4.69, 9.17) is 0 Å². The first-order valence-electron chi connectivity index (χ1n) is 9.41. The quantitative estimate of drug-likeness (QED) is 0.563. The van der Waals surface area contributed by atoms with Crippen LogP contribution >= 0.6 is 0 Å². The molecule has 1 aromatic rings. The summed E-state index contributed by atoms with van der Waals surface area (Å²) in [5.74, 6) is -0.0183. The Morgan fingerprint density at radius 1 is 1.24 bits per heavy atom. The van der Waals surface area contributed by atoms with Crippen molar-refractivity contribution in [1.29, 1.82) is 0 Å². The van der Waals surface area contributed by atoms with Gasteiger partial charge in [-0.1, -0.05) is 55.7 Å². The molecule has 0 heterocycles. The molecule has 0 bridgehead atoms. The van der Waals surface area contributed by atoms with Crippen molar-refractivity contribution in [1.82, 2.24) is 0 Å². The summed E-state index contributed by atoms with van der Waals surface area (Å²) in [6.45, 7) is 10.4. The van der Waals surface area contributed by atoms with Gasteiger partial charge >= 0.3 is 0 Å². The predicted octanol–water partition coefficient (Wildman–Crippen LogP) is 4.84. The third kappa shape index (κ3) is 4.35. The number of allylic oxidation sites excluding steroid dienone is 2. The highest BCUT2D eigenvalue weighted by Crippen LogP contribution is 2.44. The largest absolute Gasteiger partial charge is 0.508 e. The zero-order valence-corrected chi connectivity index (χ0v) is 17.2. The molecule has 1 aliphatic carbocycles. The van der Waals surface area contributed by atoms with Crippen LogP contribution in [0.5, 0.6) is 11.5 Å². The Labute approximate surface area is 152 Å². The summed E-state index contributed by atoms with van der Waals surface area (Å²) < 4.78 is 0. The van der Waals surface area contributed by atoms with Crippen LogP contribution in [0.4, 0.5) is 0 Å². The standard InChI is InChI=1S/C21H32O3Si/c1-6-7-10-25(4,5)16-12-19(23)21(20(24)13-16)18-11-14(2)8-9-17(18)15(3)22/h11-13,17-18,23-24H,6-10H2,1-5H3/t17-,18+/m1/s1. The average molecular weight is 361 g/mol. The van der Waals surface area contributed by atoms with Gasteiger partial charge in [-0.2, -0.15) is 0 Å². The summed E-state index contributed by atoms with van der Waals surface area (Å²) >= 11 is 0. The van der Waals surface area contributed by atoms with Gasteiger partial charge in [-0.3, -0.25) is 4.79 Å². The molecule has 2 rings (SSSR count).